The molecule has 0 saturated carbocycles. The molecule has 1 heterocycles. The van der Waals surface area contributed by atoms with Crippen LogP contribution in [0.1, 0.15) is 40.5 Å². The molecule has 0 radical (unpaired) electrons. The lowest BCUT2D eigenvalue weighted by molar-refractivity contribution is 0.118. The summed E-state index contributed by atoms with van der Waals surface area (Å²) in [4.78, 5) is 0. The molecule has 1 atom stereocenters. The molecule has 0 spiro atoms. The molecule has 0 bridgehead atoms. The van der Waals surface area contributed by atoms with Crippen LogP contribution in [0.5, 0.6) is 0 Å². The Labute approximate surface area is 94.9 Å². The van der Waals surface area contributed by atoms with Crippen molar-refractivity contribution in [3.8, 4) is 0 Å². The molecular formula is C11H21NO2S. The number of ether oxygens (including phenoxy) is 1. The molecule has 3 nitrogen and oxygen atoms in total. The van der Waals surface area contributed by atoms with E-state index < -0.39 is 11.0 Å². The summed E-state index contributed by atoms with van der Waals surface area (Å²) in [5, 5.41) is 0. The second-order valence-corrected chi connectivity index (χ2v) is 6.79. The average molecular weight is 231 g/mol. The maximum Gasteiger partial charge on any atom is 0.122 e. The van der Waals surface area contributed by atoms with Gasteiger partial charge in [-0.05, 0) is 46.1 Å². The molecule has 0 aromatic carbocycles. The summed E-state index contributed by atoms with van der Waals surface area (Å²) in [6, 6.07) is 0. The van der Waals surface area contributed by atoms with Gasteiger partial charge in [0.05, 0.1) is 18.0 Å². The van der Waals surface area contributed by atoms with Gasteiger partial charge in [0.15, 0.2) is 0 Å². The topological polar surface area (TPSA) is 38.3 Å². The van der Waals surface area contributed by atoms with Crippen LogP contribution in [-0.4, -0.2) is 22.2 Å². The van der Waals surface area contributed by atoms with Gasteiger partial charge in [0.25, 0.3) is 0 Å². The van der Waals surface area contributed by atoms with E-state index in [1.54, 1.807) is 0 Å². The Hall–Kier alpha value is -0.350. The minimum absolute atomic E-state index is 0.215. The van der Waals surface area contributed by atoms with Crippen molar-refractivity contribution in [3.05, 3.63) is 11.3 Å². The first-order chi connectivity index (χ1) is 6.91. The zero-order valence-electron chi connectivity index (χ0n) is 10.1. The van der Waals surface area contributed by atoms with E-state index in [0.29, 0.717) is 0 Å². The van der Waals surface area contributed by atoms with Crippen molar-refractivity contribution in [2.24, 2.45) is 0 Å². The molecular weight excluding hydrogens is 210 g/mol. The largest absolute Gasteiger partial charge is 0.381 e. The fourth-order valence-electron chi connectivity index (χ4n) is 1.36. The molecule has 1 aliphatic heterocycles. The van der Waals surface area contributed by atoms with Gasteiger partial charge in [-0.25, -0.2) is 4.21 Å². The number of hydrogen-bond acceptors (Lipinski definition) is 2. The molecule has 88 valence electrons. The van der Waals surface area contributed by atoms with Crippen LogP contribution >= 0.6 is 0 Å². The number of hydrogen-bond donors (Lipinski definition) is 1. The molecule has 4 heteroatoms. The monoisotopic (exact) mass is 231 g/mol. The van der Waals surface area contributed by atoms with Gasteiger partial charge in [-0.2, -0.15) is 0 Å². The van der Waals surface area contributed by atoms with Crippen molar-refractivity contribution in [1.82, 2.24) is 4.72 Å². The second-order valence-electron chi connectivity index (χ2n) is 4.82. The van der Waals surface area contributed by atoms with Crippen molar-refractivity contribution in [2.45, 2.75) is 45.3 Å². The fraction of sp³-hybridized carbons (Fsp3) is 0.818. The maximum absolute atomic E-state index is 11.9. The molecule has 0 aromatic heterocycles. The van der Waals surface area contributed by atoms with Crippen LogP contribution in [0.25, 0.3) is 0 Å². The van der Waals surface area contributed by atoms with Crippen molar-refractivity contribution in [2.75, 3.05) is 13.2 Å². The molecule has 1 fully saturated rings. The van der Waals surface area contributed by atoms with Crippen molar-refractivity contribution >= 4 is 11.0 Å². The van der Waals surface area contributed by atoms with Crippen LogP contribution in [0, 0.1) is 0 Å². The minimum atomic E-state index is -1.02. The summed E-state index contributed by atoms with van der Waals surface area (Å²) in [5.74, 6) is 0. The van der Waals surface area contributed by atoms with Gasteiger partial charge >= 0.3 is 0 Å². The SMILES string of the molecule is CC(N[S@](=O)C(C)(C)C)=C1CCOCC1. The maximum atomic E-state index is 11.9. The lowest BCUT2D eigenvalue weighted by Gasteiger charge is -2.22. The third kappa shape index (κ3) is 3.95. The van der Waals surface area contributed by atoms with Crippen LogP contribution in [-0.2, 0) is 15.7 Å². The van der Waals surface area contributed by atoms with Crippen molar-refractivity contribution in [3.63, 3.8) is 0 Å². The predicted molar refractivity (Wildman–Crippen MR) is 63.8 cm³/mol. The minimum Gasteiger partial charge on any atom is -0.381 e. The van der Waals surface area contributed by atoms with Crippen molar-refractivity contribution < 1.29 is 8.95 Å². The first-order valence-electron chi connectivity index (χ1n) is 5.36. The van der Waals surface area contributed by atoms with E-state index in [-0.39, 0.29) is 4.75 Å². The molecule has 1 N–H and O–H groups in total. The van der Waals surface area contributed by atoms with Gasteiger partial charge in [-0.1, -0.05) is 0 Å². The van der Waals surface area contributed by atoms with Crippen LogP contribution < -0.4 is 4.72 Å². The van der Waals surface area contributed by atoms with E-state index in [1.165, 1.54) is 5.57 Å². The van der Waals surface area contributed by atoms with E-state index >= 15 is 0 Å². The standard InChI is InChI=1S/C11H21NO2S/c1-9(10-5-7-14-8-6-10)12-15(13)11(2,3)4/h12H,5-8H2,1-4H3/t15-/m1/s1. The lowest BCUT2D eigenvalue weighted by atomic mass is 10.1. The fourth-order valence-corrected chi connectivity index (χ4v) is 2.09. The van der Waals surface area contributed by atoms with E-state index in [4.69, 9.17) is 4.74 Å². The molecule has 1 aliphatic rings. The van der Waals surface area contributed by atoms with Crippen molar-refractivity contribution in [1.29, 1.82) is 0 Å². The Morgan fingerprint density at radius 3 is 2.33 bits per heavy atom. The highest BCUT2D eigenvalue weighted by molar-refractivity contribution is 7.84. The zero-order chi connectivity index (χ0) is 11.5. The molecule has 1 saturated heterocycles. The lowest BCUT2D eigenvalue weighted by Crippen LogP contribution is -2.33. The molecule has 0 aliphatic carbocycles. The van der Waals surface area contributed by atoms with Gasteiger partial charge in [-0.15, -0.1) is 0 Å². The van der Waals surface area contributed by atoms with E-state index in [9.17, 15) is 4.21 Å². The molecule has 0 aromatic rings. The number of nitrogens with one attached hydrogen (secondary N) is 1. The van der Waals surface area contributed by atoms with E-state index in [0.717, 1.165) is 31.8 Å². The highest BCUT2D eigenvalue weighted by Crippen LogP contribution is 2.18. The predicted octanol–water partition coefficient (Wildman–Crippen LogP) is 2.12. The summed E-state index contributed by atoms with van der Waals surface area (Å²) < 4.78 is 20.0. The highest BCUT2D eigenvalue weighted by atomic mass is 32.2. The van der Waals surface area contributed by atoms with Crippen LogP contribution in [0.2, 0.25) is 0 Å². The Balaban J connectivity index is 2.61. The Morgan fingerprint density at radius 2 is 1.87 bits per heavy atom. The third-order valence-electron chi connectivity index (χ3n) is 2.43. The van der Waals surface area contributed by atoms with Crippen LogP contribution in [0.4, 0.5) is 0 Å². The first kappa shape index (κ1) is 12.7. The van der Waals surface area contributed by atoms with Crippen LogP contribution in [0.3, 0.4) is 0 Å². The Bertz CT molecular complexity index is 271. The molecule has 0 unspecified atom stereocenters. The first-order valence-corrected chi connectivity index (χ1v) is 6.51. The summed E-state index contributed by atoms with van der Waals surface area (Å²) >= 11 is 0. The average Bonchev–Trinajstić information content (AvgIpc) is 2.17. The van der Waals surface area contributed by atoms with Gasteiger partial charge in [0.1, 0.15) is 11.0 Å². The quantitative estimate of drug-likeness (QED) is 0.790. The molecule has 0 amide bonds. The number of allylic oxidation sites excluding steroid dienone is 1. The highest BCUT2D eigenvalue weighted by Gasteiger charge is 2.20. The molecule has 15 heavy (non-hydrogen) atoms. The zero-order valence-corrected chi connectivity index (χ0v) is 10.9. The summed E-state index contributed by atoms with van der Waals surface area (Å²) in [5.41, 5.74) is 2.41. The normalized spacial score (nSPS) is 19.9. The summed E-state index contributed by atoms with van der Waals surface area (Å²) in [6.07, 6.45) is 1.92. The Kier molecular flexibility index (Phi) is 4.34. The third-order valence-corrected chi connectivity index (χ3v) is 4.03. The van der Waals surface area contributed by atoms with Gasteiger partial charge in [0, 0.05) is 5.70 Å². The van der Waals surface area contributed by atoms with E-state index in [2.05, 4.69) is 4.72 Å². The summed E-state index contributed by atoms with van der Waals surface area (Å²) in [6.45, 7) is 9.49. The van der Waals surface area contributed by atoms with E-state index in [1.807, 2.05) is 27.7 Å². The van der Waals surface area contributed by atoms with Gasteiger partial charge in [0.2, 0.25) is 0 Å². The smallest absolute Gasteiger partial charge is 0.122 e. The molecule has 1 rings (SSSR count). The number of rotatable bonds is 2. The summed E-state index contributed by atoms with van der Waals surface area (Å²) in [7, 11) is -1.02. The van der Waals surface area contributed by atoms with Gasteiger partial charge in [-0.3, -0.25) is 0 Å². The Morgan fingerprint density at radius 1 is 1.33 bits per heavy atom. The van der Waals surface area contributed by atoms with Crippen LogP contribution in [0.15, 0.2) is 11.3 Å². The second kappa shape index (κ2) is 5.12. The van der Waals surface area contributed by atoms with Gasteiger partial charge < -0.3 is 9.46 Å².